The summed E-state index contributed by atoms with van der Waals surface area (Å²) in [6, 6.07) is 6.98. The topological polar surface area (TPSA) is 73.6 Å². The summed E-state index contributed by atoms with van der Waals surface area (Å²) in [6.45, 7) is 3.84. The van der Waals surface area contributed by atoms with Crippen molar-refractivity contribution in [3.63, 3.8) is 0 Å². The molecule has 0 heterocycles. The third-order valence-corrected chi connectivity index (χ3v) is 2.64. The first-order chi connectivity index (χ1) is 9.29. The zero-order valence-electron chi connectivity index (χ0n) is 11.4. The molecular formula is C14H22N2O3. The Bertz CT molecular complexity index is 383. The number of carbonyl (C=O) groups is 1. The molecule has 3 N–H and O–H groups in total. The molecule has 0 unspecified atom stereocenters. The van der Waals surface area contributed by atoms with Gasteiger partial charge >= 0.3 is 0 Å². The van der Waals surface area contributed by atoms with Crippen LogP contribution in [0.15, 0.2) is 24.3 Å². The average Bonchev–Trinajstić information content (AvgIpc) is 2.46. The molecule has 0 radical (unpaired) electrons. The highest BCUT2D eigenvalue weighted by molar-refractivity contribution is 5.96. The van der Waals surface area contributed by atoms with Gasteiger partial charge in [-0.1, -0.05) is 31.9 Å². The number of ether oxygens (including phenoxy) is 2. The van der Waals surface area contributed by atoms with E-state index in [1.807, 2.05) is 6.07 Å². The van der Waals surface area contributed by atoms with Crippen molar-refractivity contribution >= 4 is 5.91 Å². The number of hydrogen-bond donors (Lipinski definition) is 2. The molecule has 1 rings (SSSR count). The number of nitrogen functional groups attached to an aromatic ring is 1. The standard InChI is InChI=1S/C14H22N2O3/c1-2-3-6-9-18-10-11-19-13-8-5-4-7-12(13)14(17)16-15/h4-5,7-8H,2-3,6,9-11,15H2,1H3,(H,16,17). The monoisotopic (exact) mass is 266 g/mol. The van der Waals surface area contributed by atoms with Crippen molar-refractivity contribution in [2.24, 2.45) is 5.84 Å². The van der Waals surface area contributed by atoms with Gasteiger partial charge in [-0.3, -0.25) is 10.2 Å². The Morgan fingerprint density at radius 1 is 1.21 bits per heavy atom. The molecule has 1 amide bonds. The first-order valence-electron chi connectivity index (χ1n) is 6.60. The van der Waals surface area contributed by atoms with E-state index in [0.717, 1.165) is 13.0 Å². The van der Waals surface area contributed by atoms with Crippen LogP contribution in [-0.4, -0.2) is 25.7 Å². The fourth-order valence-electron chi connectivity index (χ4n) is 1.62. The van der Waals surface area contributed by atoms with Crippen molar-refractivity contribution in [3.8, 4) is 5.75 Å². The summed E-state index contributed by atoms with van der Waals surface area (Å²) in [5, 5.41) is 0. The number of para-hydroxylation sites is 1. The van der Waals surface area contributed by atoms with Crippen LogP contribution in [0.3, 0.4) is 0 Å². The van der Waals surface area contributed by atoms with Crippen LogP contribution in [0.1, 0.15) is 36.5 Å². The molecule has 5 nitrogen and oxygen atoms in total. The van der Waals surface area contributed by atoms with E-state index in [2.05, 4.69) is 12.3 Å². The van der Waals surface area contributed by atoms with Crippen LogP contribution < -0.4 is 16.0 Å². The second kappa shape index (κ2) is 9.35. The van der Waals surface area contributed by atoms with E-state index in [0.29, 0.717) is 24.5 Å². The van der Waals surface area contributed by atoms with E-state index in [9.17, 15) is 4.79 Å². The highest BCUT2D eigenvalue weighted by Gasteiger charge is 2.09. The van der Waals surface area contributed by atoms with Crippen molar-refractivity contribution in [2.45, 2.75) is 26.2 Å². The number of carbonyl (C=O) groups excluding carboxylic acids is 1. The zero-order valence-corrected chi connectivity index (χ0v) is 11.4. The maximum atomic E-state index is 11.5. The van der Waals surface area contributed by atoms with Gasteiger partial charge in [-0.2, -0.15) is 0 Å². The lowest BCUT2D eigenvalue weighted by Crippen LogP contribution is -2.30. The molecule has 0 aliphatic carbocycles. The highest BCUT2D eigenvalue weighted by Crippen LogP contribution is 2.17. The fourth-order valence-corrected chi connectivity index (χ4v) is 1.62. The van der Waals surface area contributed by atoms with Gasteiger partial charge in [-0.15, -0.1) is 0 Å². The van der Waals surface area contributed by atoms with Crippen molar-refractivity contribution in [1.29, 1.82) is 0 Å². The van der Waals surface area contributed by atoms with Crippen molar-refractivity contribution in [1.82, 2.24) is 5.43 Å². The molecule has 0 aliphatic rings. The number of nitrogens with one attached hydrogen (secondary N) is 1. The molecule has 0 atom stereocenters. The van der Waals surface area contributed by atoms with Gasteiger partial charge in [0, 0.05) is 6.61 Å². The smallest absolute Gasteiger partial charge is 0.268 e. The summed E-state index contributed by atoms with van der Waals surface area (Å²) >= 11 is 0. The van der Waals surface area contributed by atoms with Gasteiger partial charge in [-0.25, -0.2) is 5.84 Å². The first-order valence-corrected chi connectivity index (χ1v) is 6.60. The van der Waals surface area contributed by atoms with Crippen molar-refractivity contribution < 1.29 is 14.3 Å². The van der Waals surface area contributed by atoms with Gasteiger partial charge in [0.05, 0.1) is 12.2 Å². The summed E-state index contributed by atoms with van der Waals surface area (Å²) < 4.78 is 11.0. The number of hydrogen-bond acceptors (Lipinski definition) is 4. The number of benzene rings is 1. The molecule has 106 valence electrons. The number of nitrogens with two attached hydrogens (primary N) is 1. The Morgan fingerprint density at radius 3 is 2.74 bits per heavy atom. The lowest BCUT2D eigenvalue weighted by atomic mass is 10.2. The lowest BCUT2D eigenvalue weighted by Gasteiger charge is -2.10. The molecule has 0 bridgehead atoms. The molecule has 0 spiro atoms. The Kier molecular flexibility index (Phi) is 7.62. The summed E-state index contributed by atoms with van der Waals surface area (Å²) in [6.07, 6.45) is 3.43. The minimum atomic E-state index is -0.362. The molecular weight excluding hydrogens is 244 g/mol. The van der Waals surface area contributed by atoms with E-state index in [4.69, 9.17) is 15.3 Å². The van der Waals surface area contributed by atoms with E-state index in [1.165, 1.54) is 12.8 Å². The number of hydrazine groups is 1. The lowest BCUT2D eigenvalue weighted by molar-refractivity contribution is 0.0914. The van der Waals surface area contributed by atoms with Gasteiger partial charge in [0.25, 0.3) is 5.91 Å². The van der Waals surface area contributed by atoms with E-state index in [-0.39, 0.29) is 5.91 Å². The van der Waals surface area contributed by atoms with Crippen LogP contribution in [0.4, 0.5) is 0 Å². The third kappa shape index (κ3) is 5.72. The zero-order chi connectivity index (χ0) is 13.9. The van der Waals surface area contributed by atoms with Gasteiger partial charge in [0.2, 0.25) is 0 Å². The maximum absolute atomic E-state index is 11.5. The van der Waals surface area contributed by atoms with Crippen LogP contribution in [0.5, 0.6) is 5.75 Å². The molecule has 1 aromatic carbocycles. The summed E-state index contributed by atoms with van der Waals surface area (Å²) in [7, 11) is 0. The largest absolute Gasteiger partial charge is 0.490 e. The van der Waals surface area contributed by atoms with E-state index in [1.54, 1.807) is 18.2 Å². The second-order valence-corrected chi connectivity index (χ2v) is 4.14. The van der Waals surface area contributed by atoms with Crippen LogP contribution in [0.2, 0.25) is 0 Å². The first kappa shape index (κ1) is 15.5. The molecule has 0 fully saturated rings. The molecule has 5 heteroatoms. The van der Waals surface area contributed by atoms with Gasteiger partial charge < -0.3 is 9.47 Å². The Hall–Kier alpha value is -1.59. The Labute approximate surface area is 114 Å². The molecule has 0 saturated heterocycles. The third-order valence-electron chi connectivity index (χ3n) is 2.64. The van der Waals surface area contributed by atoms with Gasteiger partial charge in [-0.05, 0) is 18.6 Å². The number of unbranched alkanes of at least 4 members (excludes halogenated alkanes) is 2. The summed E-state index contributed by atoms with van der Waals surface area (Å²) in [5.74, 6) is 5.27. The van der Waals surface area contributed by atoms with Crippen LogP contribution in [0.25, 0.3) is 0 Å². The highest BCUT2D eigenvalue weighted by atomic mass is 16.5. The molecule has 19 heavy (non-hydrogen) atoms. The van der Waals surface area contributed by atoms with Crippen molar-refractivity contribution in [2.75, 3.05) is 19.8 Å². The number of amides is 1. The SMILES string of the molecule is CCCCCOCCOc1ccccc1C(=O)NN. The molecule has 1 aromatic rings. The molecule has 0 aromatic heterocycles. The maximum Gasteiger partial charge on any atom is 0.268 e. The van der Waals surface area contributed by atoms with Crippen LogP contribution >= 0.6 is 0 Å². The predicted octanol–water partition coefficient (Wildman–Crippen LogP) is 1.88. The van der Waals surface area contributed by atoms with Crippen molar-refractivity contribution in [3.05, 3.63) is 29.8 Å². The summed E-state index contributed by atoms with van der Waals surface area (Å²) in [5.41, 5.74) is 2.52. The van der Waals surface area contributed by atoms with E-state index >= 15 is 0 Å². The van der Waals surface area contributed by atoms with Crippen LogP contribution in [0, 0.1) is 0 Å². The van der Waals surface area contributed by atoms with E-state index < -0.39 is 0 Å². The van der Waals surface area contributed by atoms with Gasteiger partial charge in [0.1, 0.15) is 12.4 Å². The minimum Gasteiger partial charge on any atom is -0.490 e. The number of rotatable bonds is 9. The quantitative estimate of drug-likeness (QED) is 0.310. The van der Waals surface area contributed by atoms with Crippen LogP contribution in [-0.2, 0) is 4.74 Å². The Balaban J connectivity index is 2.31. The average molecular weight is 266 g/mol. The normalized spacial score (nSPS) is 10.2. The van der Waals surface area contributed by atoms with Gasteiger partial charge in [0.15, 0.2) is 0 Å². The summed E-state index contributed by atoms with van der Waals surface area (Å²) in [4.78, 5) is 11.5. The molecule has 0 saturated carbocycles. The predicted molar refractivity (Wildman–Crippen MR) is 73.9 cm³/mol. The second-order valence-electron chi connectivity index (χ2n) is 4.14. The Morgan fingerprint density at radius 2 is 2.00 bits per heavy atom. The molecule has 0 aliphatic heterocycles. The minimum absolute atomic E-state index is 0.362. The fraction of sp³-hybridized carbons (Fsp3) is 0.500.